The molecule has 7 nitrogen and oxygen atoms in total. The first kappa shape index (κ1) is 23.4. The zero-order valence-electron chi connectivity index (χ0n) is 17.9. The first-order valence-electron chi connectivity index (χ1n) is 9.41. The Morgan fingerprint density at radius 2 is 1.60 bits per heavy atom. The number of methoxy groups -OCH3 is 3. The number of hydrogen-bond donors (Lipinski definition) is 2. The summed E-state index contributed by atoms with van der Waals surface area (Å²) < 4.78 is 16.0. The predicted molar refractivity (Wildman–Crippen MR) is 120 cm³/mol. The highest BCUT2D eigenvalue weighted by atomic mass is 32.2. The van der Waals surface area contributed by atoms with Crippen LogP contribution in [0.25, 0.3) is 0 Å². The van der Waals surface area contributed by atoms with E-state index in [1.165, 1.54) is 18.9 Å². The molecule has 0 radical (unpaired) electrons. The van der Waals surface area contributed by atoms with Crippen molar-refractivity contribution in [1.29, 1.82) is 0 Å². The third-order valence-electron chi connectivity index (χ3n) is 4.33. The average molecular weight is 433 g/mol. The molecule has 2 N–H and O–H groups in total. The monoisotopic (exact) mass is 432 g/mol. The van der Waals surface area contributed by atoms with E-state index in [1.54, 1.807) is 26.4 Å². The second-order valence-corrected chi connectivity index (χ2v) is 7.64. The normalized spacial score (nSPS) is 11.4. The minimum atomic E-state index is -0.270. The van der Waals surface area contributed by atoms with Gasteiger partial charge in [-0.2, -0.15) is 0 Å². The summed E-state index contributed by atoms with van der Waals surface area (Å²) in [6.45, 7) is 3.83. The lowest BCUT2D eigenvalue weighted by molar-refractivity contribution is -0.119. The molecule has 0 aliphatic heterocycles. The van der Waals surface area contributed by atoms with Crippen molar-refractivity contribution in [3.8, 4) is 17.2 Å². The molecular formula is C22H28N2O5S. The number of rotatable bonds is 10. The molecule has 2 aromatic carbocycles. The van der Waals surface area contributed by atoms with Gasteiger partial charge in [0, 0.05) is 5.69 Å². The van der Waals surface area contributed by atoms with Crippen molar-refractivity contribution in [1.82, 2.24) is 5.32 Å². The highest BCUT2D eigenvalue weighted by Gasteiger charge is 2.17. The number of nitrogens with one attached hydrogen (secondary N) is 2. The molecule has 2 amide bonds. The van der Waals surface area contributed by atoms with Crippen LogP contribution in [0.15, 0.2) is 36.4 Å². The minimum absolute atomic E-state index is 0.143. The number of hydrogen-bond acceptors (Lipinski definition) is 6. The fourth-order valence-corrected chi connectivity index (χ4v) is 3.50. The predicted octanol–water partition coefficient (Wildman–Crippen LogP) is 3.57. The number of carbonyl (C=O) groups excluding carboxylic acids is 2. The van der Waals surface area contributed by atoms with Gasteiger partial charge in [0.25, 0.3) is 0 Å². The Morgan fingerprint density at radius 3 is 2.17 bits per heavy atom. The molecule has 0 aliphatic rings. The summed E-state index contributed by atoms with van der Waals surface area (Å²) in [5, 5.41) is 5.75. The van der Waals surface area contributed by atoms with Crippen LogP contribution in [0.2, 0.25) is 0 Å². The van der Waals surface area contributed by atoms with E-state index in [4.69, 9.17) is 14.2 Å². The Morgan fingerprint density at radius 1 is 0.967 bits per heavy atom. The van der Waals surface area contributed by atoms with Crippen molar-refractivity contribution in [2.75, 3.05) is 38.2 Å². The molecule has 30 heavy (non-hydrogen) atoms. The van der Waals surface area contributed by atoms with Gasteiger partial charge in [0.15, 0.2) is 11.5 Å². The molecular weight excluding hydrogens is 404 g/mol. The molecule has 0 bridgehead atoms. The summed E-state index contributed by atoms with van der Waals surface area (Å²) in [5.41, 5.74) is 2.64. The molecule has 0 spiro atoms. The highest BCUT2D eigenvalue weighted by molar-refractivity contribution is 8.00. The Labute approximate surface area is 181 Å². The molecule has 0 aromatic heterocycles. The topological polar surface area (TPSA) is 85.9 Å². The van der Waals surface area contributed by atoms with E-state index in [0.29, 0.717) is 17.2 Å². The van der Waals surface area contributed by atoms with Gasteiger partial charge in [-0.3, -0.25) is 9.59 Å². The van der Waals surface area contributed by atoms with Crippen molar-refractivity contribution in [3.05, 3.63) is 47.5 Å². The summed E-state index contributed by atoms with van der Waals surface area (Å²) in [7, 11) is 4.63. The summed E-state index contributed by atoms with van der Waals surface area (Å²) in [5.74, 6) is 1.61. The van der Waals surface area contributed by atoms with Gasteiger partial charge in [0.05, 0.1) is 38.9 Å². The molecule has 1 unspecified atom stereocenters. The number of carbonyl (C=O) groups is 2. The molecule has 1 atom stereocenters. The third kappa shape index (κ3) is 6.59. The molecule has 8 heteroatoms. The van der Waals surface area contributed by atoms with E-state index in [-0.39, 0.29) is 29.4 Å². The lowest BCUT2D eigenvalue weighted by Crippen LogP contribution is -2.29. The summed E-state index contributed by atoms with van der Waals surface area (Å²) in [6.07, 6.45) is 0. The van der Waals surface area contributed by atoms with E-state index in [0.717, 1.165) is 16.8 Å². The van der Waals surface area contributed by atoms with Crippen molar-refractivity contribution in [2.45, 2.75) is 19.9 Å². The van der Waals surface area contributed by atoms with Gasteiger partial charge in [-0.25, -0.2) is 0 Å². The van der Waals surface area contributed by atoms with Crippen molar-refractivity contribution < 1.29 is 23.8 Å². The number of benzene rings is 2. The molecule has 2 aromatic rings. The summed E-state index contributed by atoms with van der Waals surface area (Å²) >= 11 is 1.26. The molecule has 0 fully saturated rings. The van der Waals surface area contributed by atoms with Crippen LogP contribution in [-0.2, 0) is 9.59 Å². The lowest BCUT2D eigenvalue weighted by Gasteiger charge is -2.18. The van der Waals surface area contributed by atoms with Gasteiger partial charge < -0.3 is 24.8 Å². The van der Waals surface area contributed by atoms with Gasteiger partial charge in [-0.05, 0) is 49.2 Å². The molecule has 0 saturated heterocycles. The van der Waals surface area contributed by atoms with E-state index in [9.17, 15) is 9.59 Å². The standard InChI is InChI=1S/C22H28N2O5S/c1-14-7-6-8-17(9-14)24-21(26)13-30-12-20(25)23-15(2)16-10-18(27-3)22(29-5)19(11-16)28-4/h6-11,15H,12-13H2,1-5H3,(H,23,25)(H,24,26). The summed E-state index contributed by atoms with van der Waals surface area (Å²) in [4.78, 5) is 24.3. The molecule has 0 heterocycles. The van der Waals surface area contributed by atoms with Gasteiger partial charge in [0.2, 0.25) is 17.6 Å². The molecule has 162 valence electrons. The maximum absolute atomic E-state index is 12.3. The van der Waals surface area contributed by atoms with E-state index < -0.39 is 0 Å². The number of thioether (sulfide) groups is 1. The lowest BCUT2D eigenvalue weighted by atomic mass is 10.1. The van der Waals surface area contributed by atoms with Crippen LogP contribution in [0.1, 0.15) is 24.1 Å². The fraction of sp³-hybridized carbons (Fsp3) is 0.364. The van der Waals surface area contributed by atoms with Crippen LogP contribution in [0, 0.1) is 6.92 Å². The number of ether oxygens (including phenoxy) is 3. The van der Waals surface area contributed by atoms with Crippen molar-refractivity contribution in [2.24, 2.45) is 0 Å². The minimum Gasteiger partial charge on any atom is -0.493 e. The smallest absolute Gasteiger partial charge is 0.234 e. The number of anilines is 1. The van der Waals surface area contributed by atoms with Gasteiger partial charge in [0.1, 0.15) is 0 Å². The second-order valence-electron chi connectivity index (χ2n) is 6.66. The van der Waals surface area contributed by atoms with Crippen LogP contribution >= 0.6 is 11.8 Å². The van der Waals surface area contributed by atoms with Gasteiger partial charge in [-0.15, -0.1) is 11.8 Å². The average Bonchev–Trinajstić information content (AvgIpc) is 2.72. The SMILES string of the molecule is COc1cc(C(C)NC(=O)CSCC(=O)Nc2cccc(C)c2)cc(OC)c1OC. The fourth-order valence-electron chi connectivity index (χ4n) is 2.87. The molecule has 2 rings (SSSR count). The second kappa shape index (κ2) is 11.3. The quantitative estimate of drug-likeness (QED) is 0.597. The maximum Gasteiger partial charge on any atom is 0.234 e. The highest BCUT2D eigenvalue weighted by Crippen LogP contribution is 2.39. The van der Waals surface area contributed by atoms with Gasteiger partial charge >= 0.3 is 0 Å². The van der Waals surface area contributed by atoms with Crippen LogP contribution in [0.5, 0.6) is 17.2 Å². The van der Waals surface area contributed by atoms with E-state index >= 15 is 0 Å². The van der Waals surface area contributed by atoms with Crippen LogP contribution in [0.3, 0.4) is 0 Å². The van der Waals surface area contributed by atoms with Crippen LogP contribution in [0.4, 0.5) is 5.69 Å². The van der Waals surface area contributed by atoms with Gasteiger partial charge in [-0.1, -0.05) is 12.1 Å². The number of amides is 2. The zero-order valence-corrected chi connectivity index (χ0v) is 18.7. The van der Waals surface area contributed by atoms with E-state index in [1.807, 2.05) is 38.1 Å². The first-order valence-corrected chi connectivity index (χ1v) is 10.6. The largest absolute Gasteiger partial charge is 0.493 e. The van der Waals surface area contributed by atoms with E-state index in [2.05, 4.69) is 10.6 Å². The molecule has 0 aliphatic carbocycles. The Kier molecular flexibility index (Phi) is 8.86. The van der Waals surface area contributed by atoms with Crippen molar-refractivity contribution >= 4 is 29.3 Å². The van der Waals surface area contributed by atoms with Crippen LogP contribution < -0.4 is 24.8 Å². The Bertz CT molecular complexity index is 863. The summed E-state index contributed by atoms with van der Waals surface area (Å²) in [6, 6.07) is 10.9. The first-order chi connectivity index (χ1) is 14.4. The maximum atomic E-state index is 12.3. The third-order valence-corrected chi connectivity index (χ3v) is 5.27. The van der Waals surface area contributed by atoms with Crippen LogP contribution in [-0.4, -0.2) is 44.6 Å². The van der Waals surface area contributed by atoms with Crippen molar-refractivity contribution in [3.63, 3.8) is 0 Å². The Balaban J connectivity index is 1.86. The Hall–Kier alpha value is -2.87. The molecule has 0 saturated carbocycles. The zero-order chi connectivity index (χ0) is 22.1. The number of aryl methyl sites for hydroxylation is 1.